The van der Waals surface area contributed by atoms with Crippen LogP contribution in [-0.2, 0) is 0 Å². The Morgan fingerprint density at radius 1 is 1.25 bits per heavy atom. The minimum atomic E-state index is -1.06. The molecule has 0 spiro atoms. The molecule has 20 heavy (non-hydrogen) atoms. The summed E-state index contributed by atoms with van der Waals surface area (Å²) >= 11 is 0. The molecule has 1 fully saturated rings. The highest BCUT2D eigenvalue weighted by Crippen LogP contribution is 2.15. The summed E-state index contributed by atoms with van der Waals surface area (Å²) in [6.45, 7) is 0.871. The van der Waals surface area contributed by atoms with E-state index in [-0.39, 0.29) is 17.8 Å². The molecule has 6 nitrogen and oxygen atoms in total. The number of hydrogen-bond donors (Lipinski definition) is 3. The Hall–Kier alpha value is -2.31. The highest BCUT2D eigenvalue weighted by molar-refractivity contribution is 5.89. The molecule has 3 N–H and O–H groups in total. The van der Waals surface area contributed by atoms with E-state index < -0.39 is 11.9 Å². The Balaban J connectivity index is 1.86. The van der Waals surface area contributed by atoms with Gasteiger partial charge in [-0.2, -0.15) is 0 Å². The summed E-state index contributed by atoms with van der Waals surface area (Å²) in [5.74, 6) is -0.483. The minimum absolute atomic E-state index is 0.134. The van der Waals surface area contributed by atoms with Crippen molar-refractivity contribution in [2.45, 2.75) is 18.9 Å². The molecule has 0 unspecified atom stereocenters. The summed E-state index contributed by atoms with van der Waals surface area (Å²) in [6, 6.07) is 5.45. The Morgan fingerprint density at radius 3 is 2.50 bits per heavy atom. The van der Waals surface area contributed by atoms with Crippen molar-refractivity contribution in [1.29, 1.82) is 0 Å². The van der Waals surface area contributed by atoms with Crippen molar-refractivity contribution < 1.29 is 19.1 Å². The number of carbonyl (C=O) groups is 2. The molecule has 1 aromatic carbocycles. The topological polar surface area (TPSA) is 81.7 Å². The van der Waals surface area contributed by atoms with E-state index >= 15 is 0 Å². The van der Waals surface area contributed by atoms with Gasteiger partial charge in [0, 0.05) is 19.1 Å². The van der Waals surface area contributed by atoms with Crippen molar-refractivity contribution in [3.63, 3.8) is 0 Å². The zero-order valence-corrected chi connectivity index (χ0v) is 10.8. The molecule has 7 heteroatoms. The summed E-state index contributed by atoms with van der Waals surface area (Å²) < 4.78 is 13.4. The molecule has 1 aliphatic rings. The fraction of sp³-hybridized carbons (Fsp3) is 0.385. The lowest BCUT2D eigenvalue weighted by atomic mass is 10.1. The van der Waals surface area contributed by atoms with Crippen LogP contribution >= 0.6 is 0 Å². The first-order valence-corrected chi connectivity index (χ1v) is 6.36. The number of halogens is 1. The van der Waals surface area contributed by atoms with Crippen LogP contribution in [-0.4, -0.2) is 41.3 Å². The predicted octanol–water partition coefficient (Wildman–Crippen LogP) is 2.09. The summed E-state index contributed by atoms with van der Waals surface area (Å²) in [7, 11) is 0. The Labute approximate surface area is 115 Å². The van der Waals surface area contributed by atoms with Crippen LogP contribution in [0.2, 0.25) is 0 Å². The van der Waals surface area contributed by atoms with Crippen molar-refractivity contribution in [2.75, 3.05) is 18.4 Å². The van der Waals surface area contributed by atoms with E-state index in [4.69, 9.17) is 5.11 Å². The number of amides is 3. The number of nitrogens with zero attached hydrogens (tertiary/aromatic N) is 1. The molecule has 3 amide bonds. The van der Waals surface area contributed by atoms with Gasteiger partial charge in [0.05, 0.1) is 5.69 Å². The van der Waals surface area contributed by atoms with Crippen molar-refractivity contribution >= 4 is 17.8 Å². The molecule has 1 aromatic rings. The number of likely N-dealkylation sites (tertiary alicyclic amines) is 1. The first-order valence-electron chi connectivity index (χ1n) is 6.36. The van der Waals surface area contributed by atoms with E-state index in [0.717, 1.165) is 0 Å². The molecular weight excluding hydrogens is 265 g/mol. The molecular formula is C13H16FN3O3. The van der Waals surface area contributed by atoms with Crippen LogP contribution in [0.15, 0.2) is 24.3 Å². The number of hydrogen-bond acceptors (Lipinski definition) is 2. The zero-order valence-electron chi connectivity index (χ0n) is 10.8. The smallest absolute Gasteiger partial charge is 0.404 e. The third-order valence-electron chi connectivity index (χ3n) is 3.23. The number of carboxylic acid groups (broad SMARTS) is 1. The second-order valence-electron chi connectivity index (χ2n) is 4.62. The van der Waals surface area contributed by atoms with Crippen molar-refractivity contribution in [2.24, 2.45) is 0 Å². The predicted molar refractivity (Wildman–Crippen MR) is 71.2 cm³/mol. The molecule has 1 aliphatic heterocycles. The molecule has 0 saturated carbocycles. The molecule has 2 rings (SSSR count). The molecule has 0 bridgehead atoms. The van der Waals surface area contributed by atoms with Gasteiger partial charge in [0.15, 0.2) is 0 Å². The minimum Gasteiger partial charge on any atom is -0.465 e. The lowest BCUT2D eigenvalue weighted by Gasteiger charge is -2.31. The SMILES string of the molecule is O=C(O)NC1CCN(C(=O)Nc2ccccc2F)CC1. The van der Waals surface area contributed by atoms with Gasteiger partial charge in [0.1, 0.15) is 5.82 Å². The number of benzene rings is 1. The van der Waals surface area contributed by atoms with E-state index in [9.17, 15) is 14.0 Å². The van der Waals surface area contributed by atoms with Gasteiger partial charge in [-0.3, -0.25) is 0 Å². The first-order chi connectivity index (χ1) is 9.56. The Bertz CT molecular complexity index is 501. The number of anilines is 1. The average molecular weight is 281 g/mol. The second-order valence-corrected chi connectivity index (χ2v) is 4.62. The molecule has 108 valence electrons. The third-order valence-corrected chi connectivity index (χ3v) is 3.23. The van der Waals surface area contributed by atoms with Crippen LogP contribution < -0.4 is 10.6 Å². The van der Waals surface area contributed by atoms with E-state index in [1.165, 1.54) is 12.1 Å². The molecule has 0 radical (unpaired) electrons. The summed E-state index contributed by atoms with van der Waals surface area (Å²) in [4.78, 5) is 24.0. The van der Waals surface area contributed by atoms with Crippen molar-refractivity contribution in [1.82, 2.24) is 10.2 Å². The summed E-state index contributed by atoms with van der Waals surface area (Å²) in [5.41, 5.74) is 0.142. The van der Waals surface area contributed by atoms with Crippen LogP contribution in [0.3, 0.4) is 0 Å². The number of nitrogens with one attached hydrogen (secondary N) is 2. The van der Waals surface area contributed by atoms with E-state index in [0.29, 0.717) is 25.9 Å². The molecule has 1 heterocycles. The van der Waals surface area contributed by atoms with Crippen LogP contribution in [0, 0.1) is 5.82 Å². The fourth-order valence-corrected chi connectivity index (χ4v) is 2.16. The zero-order chi connectivity index (χ0) is 14.5. The third kappa shape index (κ3) is 3.59. The fourth-order valence-electron chi connectivity index (χ4n) is 2.16. The van der Waals surface area contributed by atoms with E-state index in [1.807, 2.05) is 0 Å². The monoisotopic (exact) mass is 281 g/mol. The highest BCUT2D eigenvalue weighted by atomic mass is 19.1. The van der Waals surface area contributed by atoms with Crippen LogP contribution in [0.1, 0.15) is 12.8 Å². The van der Waals surface area contributed by atoms with Gasteiger partial charge in [-0.15, -0.1) is 0 Å². The quantitative estimate of drug-likeness (QED) is 0.776. The summed E-state index contributed by atoms with van der Waals surface area (Å²) in [6.07, 6.45) is 0.0489. The maximum atomic E-state index is 13.4. The van der Waals surface area contributed by atoms with Crippen molar-refractivity contribution in [3.05, 3.63) is 30.1 Å². The van der Waals surface area contributed by atoms with Gasteiger partial charge in [-0.05, 0) is 25.0 Å². The maximum Gasteiger partial charge on any atom is 0.404 e. The number of carbonyl (C=O) groups excluding carboxylic acids is 1. The first kappa shape index (κ1) is 14.1. The van der Waals surface area contributed by atoms with E-state index in [2.05, 4.69) is 10.6 Å². The maximum absolute atomic E-state index is 13.4. The van der Waals surface area contributed by atoms with E-state index in [1.54, 1.807) is 17.0 Å². The molecule has 0 aliphatic carbocycles. The number of urea groups is 1. The Kier molecular flexibility index (Phi) is 4.39. The molecule has 0 atom stereocenters. The average Bonchev–Trinajstić information content (AvgIpc) is 2.41. The number of rotatable bonds is 2. The van der Waals surface area contributed by atoms with Gasteiger partial charge >= 0.3 is 12.1 Å². The van der Waals surface area contributed by atoms with Gasteiger partial charge in [0.25, 0.3) is 0 Å². The summed E-state index contributed by atoms with van der Waals surface area (Å²) in [5, 5.41) is 13.5. The van der Waals surface area contributed by atoms with Gasteiger partial charge < -0.3 is 20.6 Å². The Morgan fingerprint density at radius 2 is 1.90 bits per heavy atom. The van der Waals surface area contributed by atoms with Crippen LogP contribution in [0.25, 0.3) is 0 Å². The standard InChI is InChI=1S/C13H16FN3O3/c14-10-3-1-2-4-11(10)16-12(18)17-7-5-9(6-8-17)15-13(19)20/h1-4,9,15H,5-8H2,(H,16,18)(H,19,20). The largest absolute Gasteiger partial charge is 0.465 e. The van der Waals surface area contributed by atoms with Crippen molar-refractivity contribution in [3.8, 4) is 0 Å². The normalized spacial score (nSPS) is 15.8. The number of para-hydroxylation sites is 1. The molecule has 0 aromatic heterocycles. The van der Waals surface area contributed by atoms with Gasteiger partial charge in [0.2, 0.25) is 0 Å². The lowest BCUT2D eigenvalue weighted by Crippen LogP contribution is -2.47. The second kappa shape index (κ2) is 6.23. The lowest BCUT2D eigenvalue weighted by molar-refractivity contribution is 0.171. The molecule has 1 saturated heterocycles. The van der Waals surface area contributed by atoms with Crippen LogP contribution in [0.4, 0.5) is 19.7 Å². The van der Waals surface area contributed by atoms with Gasteiger partial charge in [-0.1, -0.05) is 12.1 Å². The highest BCUT2D eigenvalue weighted by Gasteiger charge is 2.24. The number of piperidine rings is 1. The van der Waals surface area contributed by atoms with Gasteiger partial charge in [-0.25, -0.2) is 14.0 Å². The van der Waals surface area contributed by atoms with Crippen LogP contribution in [0.5, 0.6) is 0 Å².